The molecule has 140 valence electrons. The lowest BCUT2D eigenvalue weighted by atomic mass is 10.1. The molecule has 1 aliphatic heterocycles. The van der Waals surface area contributed by atoms with Crippen LogP contribution in [0.2, 0.25) is 0 Å². The summed E-state index contributed by atoms with van der Waals surface area (Å²) in [6.07, 6.45) is 4.70. The molecule has 0 bridgehead atoms. The molecule has 1 aliphatic rings. The summed E-state index contributed by atoms with van der Waals surface area (Å²) in [5, 5.41) is 6.30. The average molecular weight is 358 g/mol. The van der Waals surface area contributed by atoms with Crippen LogP contribution in [0.3, 0.4) is 0 Å². The van der Waals surface area contributed by atoms with Crippen LogP contribution >= 0.6 is 0 Å². The number of hydrogen-bond donors (Lipinski definition) is 0. The van der Waals surface area contributed by atoms with Gasteiger partial charge in [0, 0.05) is 13.6 Å². The summed E-state index contributed by atoms with van der Waals surface area (Å²) in [4.78, 5) is 30.3. The lowest BCUT2D eigenvalue weighted by Crippen LogP contribution is -2.40. The molecule has 0 fully saturated rings. The molecule has 26 heavy (non-hydrogen) atoms. The number of rotatable bonds is 5. The van der Waals surface area contributed by atoms with Crippen molar-refractivity contribution in [3.8, 4) is 0 Å². The number of imidazole rings is 1. The summed E-state index contributed by atoms with van der Waals surface area (Å²) >= 11 is 0. The van der Waals surface area contributed by atoms with Crippen LogP contribution in [0.4, 0.5) is 5.95 Å². The Morgan fingerprint density at radius 3 is 2.65 bits per heavy atom. The third-order valence-electron chi connectivity index (χ3n) is 4.57. The van der Waals surface area contributed by atoms with Gasteiger partial charge in [-0.05, 0) is 26.2 Å². The first-order valence-electron chi connectivity index (χ1n) is 8.98. The molecule has 2 aromatic heterocycles. The minimum Gasteiger partial charge on any atom is -0.297 e. The average Bonchev–Trinajstić information content (AvgIpc) is 2.97. The van der Waals surface area contributed by atoms with Gasteiger partial charge in [0.15, 0.2) is 11.2 Å². The van der Waals surface area contributed by atoms with E-state index in [2.05, 4.69) is 23.9 Å². The van der Waals surface area contributed by atoms with E-state index in [-0.39, 0.29) is 11.2 Å². The molecule has 0 saturated heterocycles. The maximum atomic E-state index is 13.1. The van der Waals surface area contributed by atoms with Crippen LogP contribution in [0, 0.1) is 5.92 Å². The summed E-state index contributed by atoms with van der Waals surface area (Å²) in [6, 6.07) is 0. The third-order valence-corrected chi connectivity index (χ3v) is 4.57. The van der Waals surface area contributed by atoms with Gasteiger partial charge in [0.2, 0.25) is 5.95 Å². The van der Waals surface area contributed by atoms with Crippen molar-refractivity contribution < 1.29 is 0 Å². The molecule has 0 amide bonds. The fraction of sp³-hybridized carbons (Fsp3) is 0.556. The Morgan fingerprint density at radius 2 is 2.00 bits per heavy atom. The Labute approximate surface area is 152 Å². The molecular formula is C18H26N6O2. The van der Waals surface area contributed by atoms with E-state index in [0.29, 0.717) is 42.7 Å². The number of aryl methyl sites for hydroxylation is 1. The number of allylic oxidation sites excluding steroid dienone is 1. The van der Waals surface area contributed by atoms with E-state index in [1.807, 2.05) is 30.6 Å². The van der Waals surface area contributed by atoms with E-state index in [4.69, 9.17) is 0 Å². The molecular weight excluding hydrogens is 332 g/mol. The molecule has 0 N–H and O–H groups in total. The molecule has 0 aromatic carbocycles. The number of fused-ring (bicyclic) bond motifs is 3. The van der Waals surface area contributed by atoms with Crippen molar-refractivity contribution in [1.82, 2.24) is 18.7 Å². The smallest absolute Gasteiger partial charge is 0.297 e. The van der Waals surface area contributed by atoms with E-state index in [9.17, 15) is 9.59 Å². The van der Waals surface area contributed by atoms with Gasteiger partial charge >= 0.3 is 5.69 Å². The van der Waals surface area contributed by atoms with E-state index < -0.39 is 0 Å². The standard InChI is InChI=1S/C18H26N6O2/c1-6-7-9-24-17-19-15-14(23(17)11-13(4)20-24)16(25)22(10-8-12(2)3)18(26)21(15)5/h6-7,12H,8-11H2,1-5H3/b7-6+. The van der Waals surface area contributed by atoms with Crippen molar-refractivity contribution in [2.24, 2.45) is 18.1 Å². The van der Waals surface area contributed by atoms with E-state index in [1.165, 1.54) is 9.13 Å². The van der Waals surface area contributed by atoms with Crippen LogP contribution in [0.25, 0.3) is 11.2 Å². The van der Waals surface area contributed by atoms with Gasteiger partial charge in [-0.25, -0.2) is 9.80 Å². The molecule has 3 heterocycles. The number of anilines is 1. The lowest BCUT2D eigenvalue weighted by Gasteiger charge is -2.23. The monoisotopic (exact) mass is 358 g/mol. The van der Waals surface area contributed by atoms with Gasteiger partial charge in [0.25, 0.3) is 5.56 Å². The SMILES string of the molecule is C/C=C/CN1N=C(C)Cn2c1nc1c2c(=O)n(CCC(C)C)c(=O)n1C. The summed E-state index contributed by atoms with van der Waals surface area (Å²) in [6.45, 7) is 9.50. The minimum absolute atomic E-state index is 0.275. The molecule has 8 nitrogen and oxygen atoms in total. The van der Waals surface area contributed by atoms with Gasteiger partial charge in [-0.2, -0.15) is 10.1 Å². The molecule has 0 atom stereocenters. The number of nitrogens with zero attached hydrogens (tertiary/aromatic N) is 6. The maximum absolute atomic E-state index is 13.1. The van der Waals surface area contributed by atoms with Crippen LogP contribution in [0.15, 0.2) is 26.8 Å². The Hall–Kier alpha value is -2.64. The zero-order chi connectivity index (χ0) is 19.0. The Kier molecular flexibility index (Phi) is 4.84. The summed E-state index contributed by atoms with van der Waals surface area (Å²) < 4.78 is 4.66. The number of hydrogen-bond acceptors (Lipinski definition) is 5. The lowest BCUT2D eigenvalue weighted by molar-refractivity contribution is 0.487. The van der Waals surface area contributed by atoms with E-state index in [0.717, 1.165) is 12.1 Å². The van der Waals surface area contributed by atoms with Gasteiger partial charge in [-0.3, -0.25) is 18.5 Å². The minimum atomic E-state index is -0.323. The van der Waals surface area contributed by atoms with Gasteiger partial charge in [-0.1, -0.05) is 26.0 Å². The fourth-order valence-corrected chi connectivity index (χ4v) is 3.13. The molecule has 0 saturated carbocycles. The number of hydrazone groups is 1. The highest BCUT2D eigenvalue weighted by Gasteiger charge is 2.26. The predicted molar refractivity (Wildman–Crippen MR) is 104 cm³/mol. The molecule has 0 aliphatic carbocycles. The van der Waals surface area contributed by atoms with Crippen LogP contribution < -0.4 is 16.3 Å². The molecule has 2 aromatic rings. The zero-order valence-corrected chi connectivity index (χ0v) is 16.1. The topological polar surface area (TPSA) is 77.4 Å². The second-order valence-electron chi connectivity index (χ2n) is 7.14. The molecule has 0 unspecified atom stereocenters. The molecule has 3 rings (SSSR count). The highest BCUT2D eigenvalue weighted by Crippen LogP contribution is 2.23. The van der Waals surface area contributed by atoms with Crippen molar-refractivity contribution in [3.05, 3.63) is 33.0 Å². The van der Waals surface area contributed by atoms with Crippen LogP contribution in [-0.2, 0) is 20.1 Å². The Morgan fingerprint density at radius 1 is 1.27 bits per heavy atom. The Balaban J connectivity index is 2.23. The quantitative estimate of drug-likeness (QED) is 0.763. The summed E-state index contributed by atoms with van der Waals surface area (Å²) in [5.41, 5.74) is 1.17. The highest BCUT2D eigenvalue weighted by atomic mass is 16.2. The first kappa shape index (κ1) is 18.2. The van der Waals surface area contributed by atoms with Gasteiger partial charge in [0.1, 0.15) is 0 Å². The van der Waals surface area contributed by atoms with E-state index in [1.54, 1.807) is 12.1 Å². The van der Waals surface area contributed by atoms with E-state index >= 15 is 0 Å². The fourth-order valence-electron chi connectivity index (χ4n) is 3.13. The van der Waals surface area contributed by atoms with Gasteiger partial charge in [0.05, 0.1) is 18.8 Å². The second kappa shape index (κ2) is 6.93. The zero-order valence-electron chi connectivity index (χ0n) is 16.1. The van der Waals surface area contributed by atoms with Crippen LogP contribution in [-0.4, -0.2) is 30.9 Å². The maximum Gasteiger partial charge on any atom is 0.332 e. The summed E-state index contributed by atoms with van der Waals surface area (Å²) in [7, 11) is 1.67. The first-order valence-corrected chi connectivity index (χ1v) is 8.98. The first-order chi connectivity index (χ1) is 12.3. The van der Waals surface area contributed by atoms with Crippen molar-refractivity contribution in [1.29, 1.82) is 0 Å². The van der Waals surface area contributed by atoms with Crippen LogP contribution in [0.1, 0.15) is 34.1 Å². The molecule has 8 heteroatoms. The van der Waals surface area contributed by atoms with Crippen molar-refractivity contribution in [2.45, 2.75) is 47.2 Å². The molecule has 0 radical (unpaired) electrons. The second-order valence-corrected chi connectivity index (χ2v) is 7.14. The van der Waals surface area contributed by atoms with Crippen molar-refractivity contribution >= 4 is 22.8 Å². The number of aromatic nitrogens is 4. The van der Waals surface area contributed by atoms with Crippen LogP contribution in [0.5, 0.6) is 0 Å². The molecule has 0 spiro atoms. The van der Waals surface area contributed by atoms with Gasteiger partial charge in [-0.15, -0.1) is 0 Å². The third kappa shape index (κ3) is 3.00. The largest absolute Gasteiger partial charge is 0.332 e. The predicted octanol–water partition coefficient (Wildman–Crippen LogP) is 1.71. The van der Waals surface area contributed by atoms with Crippen molar-refractivity contribution in [3.63, 3.8) is 0 Å². The normalized spacial score (nSPS) is 14.5. The highest BCUT2D eigenvalue weighted by molar-refractivity contribution is 5.87. The van der Waals surface area contributed by atoms with Gasteiger partial charge < -0.3 is 0 Å². The summed E-state index contributed by atoms with van der Waals surface area (Å²) in [5.74, 6) is 1.00. The van der Waals surface area contributed by atoms with Crippen molar-refractivity contribution in [2.75, 3.05) is 11.6 Å². The Bertz CT molecular complexity index is 1010.